The first-order valence-corrected chi connectivity index (χ1v) is 13.6. The minimum Gasteiger partial charge on any atom is -0.383 e. The Bertz CT molecular complexity index is 1660. The number of rotatable bonds is 8. The molecule has 0 unspecified atom stereocenters. The molecule has 1 atom stereocenters. The zero-order chi connectivity index (χ0) is 28.4. The summed E-state index contributed by atoms with van der Waals surface area (Å²) in [5, 5.41) is 21.2. The average molecular weight is 553 g/mol. The average Bonchev–Trinajstić information content (AvgIpc) is 3.43. The number of pyridine rings is 2. The van der Waals surface area contributed by atoms with Crippen LogP contribution >= 0.6 is 11.6 Å². The fourth-order valence-electron chi connectivity index (χ4n) is 4.66. The van der Waals surface area contributed by atoms with Gasteiger partial charge in [0.1, 0.15) is 6.07 Å². The number of nitrogens with one attached hydrogen (secondary N) is 4. The molecule has 2 aromatic heterocycles. The lowest BCUT2D eigenvalue weighted by Gasteiger charge is -2.24. The molecule has 204 valence electrons. The van der Waals surface area contributed by atoms with Gasteiger partial charge in [0.05, 0.1) is 39.0 Å². The highest BCUT2D eigenvalue weighted by Crippen LogP contribution is 2.37. The van der Waals surface area contributed by atoms with Gasteiger partial charge in [-0.15, -0.1) is 5.53 Å². The van der Waals surface area contributed by atoms with Gasteiger partial charge in [-0.3, -0.25) is 15.0 Å². The number of hydrazine groups is 2. The van der Waals surface area contributed by atoms with Crippen molar-refractivity contribution in [3.8, 4) is 6.07 Å². The van der Waals surface area contributed by atoms with Crippen molar-refractivity contribution in [2.45, 2.75) is 40.2 Å². The van der Waals surface area contributed by atoms with E-state index in [0.717, 1.165) is 51.0 Å². The molecule has 0 bridgehead atoms. The highest BCUT2D eigenvalue weighted by atomic mass is 35.5. The Kier molecular flexibility index (Phi) is 7.53. The minimum absolute atomic E-state index is 0.0114. The highest BCUT2D eigenvalue weighted by molar-refractivity contribution is 6.35. The molecular weight excluding hydrogens is 520 g/mol. The number of hydrogen-bond donors (Lipinski definition) is 4. The second-order valence-electron chi connectivity index (χ2n) is 11.0. The van der Waals surface area contributed by atoms with Crippen LogP contribution in [0.15, 0.2) is 79.0 Å². The van der Waals surface area contributed by atoms with E-state index in [1.54, 1.807) is 12.4 Å². The second kappa shape index (κ2) is 11.0. The number of benzene rings is 2. The van der Waals surface area contributed by atoms with Crippen LogP contribution in [0.25, 0.3) is 21.8 Å². The first kappa shape index (κ1) is 27.3. The minimum atomic E-state index is -0.290. The topological polar surface area (TPSA) is 101 Å². The summed E-state index contributed by atoms with van der Waals surface area (Å²) in [6.07, 6.45) is 6.18. The fourth-order valence-corrected chi connectivity index (χ4v) is 4.92. The van der Waals surface area contributed by atoms with Gasteiger partial charge >= 0.3 is 0 Å². The highest BCUT2D eigenvalue weighted by Gasteiger charge is 2.25. The van der Waals surface area contributed by atoms with Crippen molar-refractivity contribution < 1.29 is 0 Å². The van der Waals surface area contributed by atoms with Crippen LogP contribution in [-0.2, 0) is 0 Å². The van der Waals surface area contributed by atoms with Gasteiger partial charge in [0, 0.05) is 47.3 Å². The summed E-state index contributed by atoms with van der Waals surface area (Å²) in [5.41, 5.74) is 12.9. The third kappa shape index (κ3) is 5.53. The van der Waals surface area contributed by atoms with Crippen molar-refractivity contribution in [2.24, 2.45) is 5.41 Å². The molecule has 3 heterocycles. The van der Waals surface area contributed by atoms with Crippen LogP contribution in [0.1, 0.15) is 51.3 Å². The van der Waals surface area contributed by atoms with Gasteiger partial charge in [-0.05, 0) is 41.7 Å². The van der Waals surface area contributed by atoms with Gasteiger partial charge in [0.2, 0.25) is 0 Å². The third-order valence-corrected chi connectivity index (χ3v) is 7.08. The Morgan fingerprint density at radius 1 is 1.18 bits per heavy atom. The fraction of sp³-hybridized carbons (Fsp3) is 0.258. The van der Waals surface area contributed by atoms with Crippen LogP contribution in [0.5, 0.6) is 0 Å². The third-order valence-electron chi connectivity index (χ3n) is 6.79. The molecule has 0 saturated carbocycles. The maximum absolute atomic E-state index is 9.86. The molecular formula is C31H33ClN8. The van der Waals surface area contributed by atoms with Crippen molar-refractivity contribution in [1.82, 2.24) is 25.9 Å². The maximum Gasteiger partial charge on any atom is 0.103 e. The molecule has 9 heteroatoms. The van der Waals surface area contributed by atoms with Gasteiger partial charge in [-0.1, -0.05) is 64.1 Å². The lowest BCUT2D eigenvalue weighted by atomic mass is 9.96. The summed E-state index contributed by atoms with van der Waals surface area (Å²) < 4.78 is 0. The number of anilines is 2. The van der Waals surface area contributed by atoms with E-state index in [2.05, 4.69) is 84.0 Å². The van der Waals surface area contributed by atoms with E-state index < -0.39 is 0 Å². The molecule has 5 rings (SSSR count). The van der Waals surface area contributed by atoms with E-state index in [1.807, 2.05) is 41.5 Å². The zero-order valence-corrected chi connectivity index (χ0v) is 23.9. The van der Waals surface area contributed by atoms with Gasteiger partial charge in [-0.2, -0.15) is 5.26 Å². The summed E-state index contributed by atoms with van der Waals surface area (Å²) in [7, 11) is 0. The standard InChI is InChI=1S/C31H33ClN8/c1-6-19(2)40-17-27(38-39-40)30(23-9-7-11-26-22(23)10-8-12-34-26)37-21-13-24-28(36-18-31(3,4)5)20(15-33)16-35-29(24)25(32)14-21/h7-14,16-17,30,37-39H,2,6,18H2,1,3-5H3,(H,35,36)/t30-/m0/s1. The molecule has 4 aromatic rings. The number of aromatic nitrogens is 2. The predicted molar refractivity (Wildman–Crippen MR) is 163 cm³/mol. The van der Waals surface area contributed by atoms with E-state index in [4.69, 9.17) is 11.6 Å². The van der Waals surface area contributed by atoms with Crippen LogP contribution in [-0.4, -0.2) is 21.5 Å². The number of allylic oxidation sites excluding steroid dienone is 1. The Balaban J connectivity index is 1.63. The molecule has 0 fully saturated rings. The lowest BCUT2D eigenvalue weighted by molar-refractivity contribution is 0.327. The van der Waals surface area contributed by atoms with Crippen LogP contribution in [0, 0.1) is 16.7 Å². The normalized spacial score (nSPS) is 14.0. The summed E-state index contributed by atoms with van der Waals surface area (Å²) >= 11 is 6.80. The van der Waals surface area contributed by atoms with Gasteiger partial charge in [-0.25, -0.2) is 0 Å². The van der Waals surface area contributed by atoms with Gasteiger partial charge in [0.15, 0.2) is 0 Å². The quantitative estimate of drug-likeness (QED) is 0.185. The van der Waals surface area contributed by atoms with E-state index in [1.165, 1.54) is 0 Å². The van der Waals surface area contributed by atoms with Crippen molar-refractivity contribution in [1.29, 1.82) is 5.26 Å². The molecule has 1 aliphatic heterocycles. The summed E-state index contributed by atoms with van der Waals surface area (Å²) in [5.74, 6) is 0. The Morgan fingerprint density at radius 2 is 2.00 bits per heavy atom. The number of nitriles is 1. The zero-order valence-electron chi connectivity index (χ0n) is 23.1. The molecule has 1 aliphatic rings. The number of fused-ring (bicyclic) bond motifs is 2. The molecule has 0 saturated heterocycles. The van der Waals surface area contributed by atoms with Crippen LogP contribution in [0.4, 0.5) is 11.4 Å². The molecule has 0 aliphatic carbocycles. The molecule has 40 heavy (non-hydrogen) atoms. The molecule has 0 radical (unpaired) electrons. The molecule has 2 aromatic carbocycles. The van der Waals surface area contributed by atoms with Gasteiger partial charge < -0.3 is 16.1 Å². The first-order valence-electron chi connectivity index (χ1n) is 13.3. The molecule has 4 N–H and O–H groups in total. The summed E-state index contributed by atoms with van der Waals surface area (Å²) in [6.45, 7) is 13.3. The van der Waals surface area contributed by atoms with Crippen molar-refractivity contribution in [3.05, 3.63) is 95.2 Å². The Labute approximate surface area is 239 Å². The van der Waals surface area contributed by atoms with Crippen LogP contribution < -0.4 is 21.6 Å². The largest absolute Gasteiger partial charge is 0.383 e. The number of halogens is 1. The van der Waals surface area contributed by atoms with E-state index in [-0.39, 0.29) is 11.5 Å². The molecule has 0 spiro atoms. The lowest BCUT2D eigenvalue weighted by Crippen LogP contribution is -2.36. The van der Waals surface area contributed by atoms with Crippen molar-refractivity contribution >= 4 is 44.8 Å². The molecule has 0 amide bonds. The summed E-state index contributed by atoms with van der Waals surface area (Å²) in [4.78, 5) is 9.08. The monoisotopic (exact) mass is 552 g/mol. The SMILES string of the molecule is C=C(CC)N1C=C([C@@H](Nc2cc(Cl)c3ncc(C#N)c(NCC(C)(C)C)c3c2)c2cccc3ncccc23)NN1. The van der Waals surface area contributed by atoms with Crippen molar-refractivity contribution in [3.63, 3.8) is 0 Å². The Hall–Kier alpha value is -4.32. The van der Waals surface area contributed by atoms with Gasteiger partial charge in [0.25, 0.3) is 0 Å². The first-order chi connectivity index (χ1) is 19.2. The molecule has 8 nitrogen and oxygen atoms in total. The smallest absolute Gasteiger partial charge is 0.103 e. The van der Waals surface area contributed by atoms with Crippen molar-refractivity contribution in [2.75, 3.05) is 17.2 Å². The number of nitrogens with zero attached hydrogens (tertiary/aromatic N) is 4. The second-order valence-corrected chi connectivity index (χ2v) is 11.4. The van der Waals surface area contributed by atoms with Crippen LogP contribution in [0.2, 0.25) is 5.02 Å². The van der Waals surface area contributed by atoms with E-state index in [0.29, 0.717) is 22.6 Å². The Morgan fingerprint density at radius 3 is 2.75 bits per heavy atom. The maximum atomic E-state index is 9.86. The van der Waals surface area contributed by atoms with E-state index in [9.17, 15) is 5.26 Å². The summed E-state index contributed by atoms with van der Waals surface area (Å²) in [6, 6.07) is 16.0. The number of hydrogen-bond acceptors (Lipinski definition) is 8. The van der Waals surface area contributed by atoms with E-state index >= 15 is 0 Å². The van der Waals surface area contributed by atoms with Crippen LogP contribution in [0.3, 0.4) is 0 Å². The predicted octanol–water partition coefficient (Wildman–Crippen LogP) is 7.01.